The van der Waals surface area contributed by atoms with Crippen molar-refractivity contribution in [3.05, 3.63) is 47.7 Å². The van der Waals surface area contributed by atoms with Crippen LogP contribution in [0, 0.1) is 5.82 Å². The Morgan fingerprint density at radius 3 is 2.79 bits per heavy atom. The van der Waals surface area contributed by atoms with Crippen LogP contribution >= 0.6 is 0 Å². The van der Waals surface area contributed by atoms with Crippen molar-refractivity contribution in [3.63, 3.8) is 0 Å². The Balaban J connectivity index is 2.40. The number of benzene rings is 1. The standard InChI is InChI=1S/C14H17FN4/c1-3-12-13(15)14(18-9-17-12)19(2)11-6-4-5-10(7-11)8-16/h4-7,9H,3,8,16H2,1-2H3. The molecule has 0 radical (unpaired) electrons. The van der Waals surface area contributed by atoms with Gasteiger partial charge in [0.1, 0.15) is 6.33 Å². The molecule has 0 aliphatic rings. The molecule has 1 heterocycles. The van der Waals surface area contributed by atoms with Crippen LogP contribution in [0.3, 0.4) is 0 Å². The first-order valence-corrected chi connectivity index (χ1v) is 6.19. The van der Waals surface area contributed by atoms with Crippen molar-refractivity contribution in [2.24, 2.45) is 5.73 Å². The SMILES string of the molecule is CCc1ncnc(N(C)c2cccc(CN)c2)c1F. The van der Waals surface area contributed by atoms with Gasteiger partial charge in [0.25, 0.3) is 0 Å². The third-order valence-electron chi connectivity index (χ3n) is 3.03. The molecule has 0 spiro atoms. The predicted molar refractivity (Wildman–Crippen MR) is 73.8 cm³/mol. The Hall–Kier alpha value is -2.01. The molecule has 0 amide bonds. The first kappa shape index (κ1) is 13.4. The van der Waals surface area contributed by atoms with Gasteiger partial charge in [-0.25, -0.2) is 14.4 Å². The van der Waals surface area contributed by atoms with Gasteiger partial charge in [-0.2, -0.15) is 0 Å². The van der Waals surface area contributed by atoms with Crippen LogP contribution < -0.4 is 10.6 Å². The maximum atomic E-state index is 14.2. The molecule has 1 aromatic carbocycles. The molecule has 0 aliphatic heterocycles. The summed E-state index contributed by atoms with van der Waals surface area (Å²) in [5, 5.41) is 0. The van der Waals surface area contributed by atoms with Gasteiger partial charge in [-0.3, -0.25) is 0 Å². The first-order chi connectivity index (χ1) is 9.17. The van der Waals surface area contributed by atoms with Gasteiger partial charge >= 0.3 is 0 Å². The van der Waals surface area contributed by atoms with Gasteiger partial charge in [-0.15, -0.1) is 0 Å². The normalized spacial score (nSPS) is 10.5. The van der Waals surface area contributed by atoms with E-state index in [4.69, 9.17) is 5.73 Å². The van der Waals surface area contributed by atoms with Crippen LogP contribution in [-0.2, 0) is 13.0 Å². The summed E-state index contributed by atoms with van der Waals surface area (Å²) in [5.41, 5.74) is 7.88. The van der Waals surface area contributed by atoms with Gasteiger partial charge < -0.3 is 10.6 Å². The number of halogens is 1. The Bertz CT molecular complexity index is 571. The molecule has 100 valence electrons. The van der Waals surface area contributed by atoms with E-state index >= 15 is 0 Å². The van der Waals surface area contributed by atoms with E-state index in [0.29, 0.717) is 18.7 Å². The molecular weight excluding hydrogens is 243 g/mol. The molecule has 0 aliphatic carbocycles. The highest BCUT2D eigenvalue weighted by Gasteiger charge is 2.15. The Labute approximate surface area is 112 Å². The number of rotatable bonds is 4. The van der Waals surface area contributed by atoms with Crippen LogP contribution in [0.4, 0.5) is 15.9 Å². The zero-order valence-corrected chi connectivity index (χ0v) is 11.1. The molecule has 2 N–H and O–H groups in total. The van der Waals surface area contributed by atoms with E-state index in [0.717, 1.165) is 11.3 Å². The lowest BCUT2D eigenvalue weighted by molar-refractivity contribution is 0.593. The maximum Gasteiger partial charge on any atom is 0.187 e. The summed E-state index contributed by atoms with van der Waals surface area (Å²) in [6.45, 7) is 2.32. The lowest BCUT2D eigenvalue weighted by Gasteiger charge is -2.20. The van der Waals surface area contributed by atoms with Gasteiger partial charge in [-0.1, -0.05) is 19.1 Å². The highest BCUT2D eigenvalue weighted by Crippen LogP contribution is 2.25. The molecule has 0 saturated heterocycles. The van der Waals surface area contributed by atoms with Gasteiger partial charge in [0.2, 0.25) is 0 Å². The minimum atomic E-state index is -0.370. The lowest BCUT2D eigenvalue weighted by atomic mass is 10.2. The second-order valence-corrected chi connectivity index (χ2v) is 4.24. The van der Waals surface area contributed by atoms with E-state index in [1.807, 2.05) is 31.2 Å². The molecule has 1 aromatic heterocycles. The number of nitrogens with two attached hydrogens (primary N) is 1. The summed E-state index contributed by atoms with van der Waals surface area (Å²) in [6, 6.07) is 7.65. The van der Waals surface area contributed by atoms with E-state index in [-0.39, 0.29) is 11.6 Å². The van der Waals surface area contributed by atoms with Gasteiger partial charge in [0.05, 0.1) is 5.69 Å². The minimum absolute atomic E-state index is 0.279. The van der Waals surface area contributed by atoms with Crippen molar-refractivity contribution in [1.29, 1.82) is 0 Å². The smallest absolute Gasteiger partial charge is 0.187 e. The molecule has 2 aromatic rings. The highest BCUT2D eigenvalue weighted by atomic mass is 19.1. The van der Waals surface area contributed by atoms with Crippen LogP contribution in [0.25, 0.3) is 0 Å². The fourth-order valence-electron chi connectivity index (χ4n) is 1.89. The monoisotopic (exact) mass is 260 g/mol. The largest absolute Gasteiger partial charge is 0.327 e. The molecule has 2 rings (SSSR count). The molecule has 5 heteroatoms. The summed E-state index contributed by atoms with van der Waals surface area (Å²) in [5.74, 6) is -0.0910. The highest BCUT2D eigenvalue weighted by molar-refractivity contribution is 5.60. The van der Waals surface area contributed by atoms with Crippen LogP contribution in [0.1, 0.15) is 18.2 Å². The van der Waals surface area contributed by atoms with Crippen molar-refractivity contribution in [2.75, 3.05) is 11.9 Å². The molecule has 19 heavy (non-hydrogen) atoms. The Kier molecular flexibility index (Phi) is 4.06. The summed E-state index contributed by atoms with van der Waals surface area (Å²) in [4.78, 5) is 9.67. The summed E-state index contributed by atoms with van der Waals surface area (Å²) >= 11 is 0. The van der Waals surface area contributed by atoms with Gasteiger partial charge in [-0.05, 0) is 24.1 Å². The maximum absolute atomic E-state index is 14.2. The summed E-state index contributed by atoms with van der Waals surface area (Å²) in [7, 11) is 1.78. The van der Waals surface area contributed by atoms with E-state index in [1.165, 1.54) is 6.33 Å². The second kappa shape index (κ2) is 5.75. The third-order valence-corrected chi connectivity index (χ3v) is 3.03. The number of anilines is 2. The average molecular weight is 260 g/mol. The molecule has 4 nitrogen and oxygen atoms in total. The summed E-state index contributed by atoms with van der Waals surface area (Å²) < 4.78 is 14.2. The number of hydrogen-bond acceptors (Lipinski definition) is 4. The number of nitrogens with zero attached hydrogens (tertiary/aromatic N) is 3. The van der Waals surface area contributed by atoms with Gasteiger partial charge in [0, 0.05) is 19.3 Å². The second-order valence-electron chi connectivity index (χ2n) is 4.24. The van der Waals surface area contributed by atoms with Crippen molar-refractivity contribution in [1.82, 2.24) is 9.97 Å². The molecule has 0 saturated carbocycles. The third kappa shape index (κ3) is 2.71. The van der Waals surface area contributed by atoms with Crippen LogP contribution in [-0.4, -0.2) is 17.0 Å². The molecule has 0 atom stereocenters. The minimum Gasteiger partial charge on any atom is -0.327 e. The quantitative estimate of drug-likeness (QED) is 0.917. The number of aryl methyl sites for hydroxylation is 1. The van der Waals surface area contributed by atoms with E-state index in [9.17, 15) is 4.39 Å². The lowest BCUT2D eigenvalue weighted by Crippen LogP contribution is -2.15. The number of aromatic nitrogens is 2. The van der Waals surface area contributed by atoms with Crippen LogP contribution in [0.15, 0.2) is 30.6 Å². The van der Waals surface area contributed by atoms with Gasteiger partial charge in [0.15, 0.2) is 11.6 Å². The zero-order chi connectivity index (χ0) is 13.8. The summed E-state index contributed by atoms with van der Waals surface area (Å²) in [6.07, 6.45) is 1.93. The van der Waals surface area contributed by atoms with E-state index < -0.39 is 0 Å². The van der Waals surface area contributed by atoms with Crippen molar-refractivity contribution >= 4 is 11.5 Å². The predicted octanol–water partition coefficient (Wildman–Crippen LogP) is 2.40. The van der Waals surface area contributed by atoms with E-state index in [1.54, 1.807) is 11.9 Å². The fraction of sp³-hybridized carbons (Fsp3) is 0.286. The van der Waals surface area contributed by atoms with Crippen molar-refractivity contribution < 1.29 is 4.39 Å². The van der Waals surface area contributed by atoms with Crippen LogP contribution in [0.5, 0.6) is 0 Å². The number of hydrogen-bond donors (Lipinski definition) is 1. The van der Waals surface area contributed by atoms with Crippen LogP contribution in [0.2, 0.25) is 0 Å². The van der Waals surface area contributed by atoms with Crippen molar-refractivity contribution in [3.8, 4) is 0 Å². The topological polar surface area (TPSA) is 55.0 Å². The molecule has 0 fully saturated rings. The average Bonchev–Trinajstić information content (AvgIpc) is 2.47. The Morgan fingerprint density at radius 2 is 2.11 bits per heavy atom. The first-order valence-electron chi connectivity index (χ1n) is 6.19. The fourth-order valence-corrected chi connectivity index (χ4v) is 1.89. The van der Waals surface area contributed by atoms with Crippen molar-refractivity contribution in [2.45, 2.75) is 19.9 Å². The molecular formula is C14H17FN4. The zero-order valence-electron chi connectivity index (χ0n) is 11.1. The molecule has 0 unspecified atom stereocenters. The van der Waals surface area contributed by atoms with E-state index in [2.05, 4.69) is 9.97 Å². The Morgan fingerprint density at radius 1 is 1.32 bits per heavy atom. The molecule has 0 bridgehead atoms.